The summed E-state index contributed by atoms with van der Waals surface area (Å²) in [5.41, 5.74) is 5.12. The summed E-state index contributed by atoms with van der Waals surface area (Å²) in [5, 5.41) is 8.44. The molecule has 0 aliphatic rings. The lowest BCUT2D eigenvalue weighted by Crippen LogP contribution is -2.52. The Morgan fingerprint density at radius 3 is 2.26 bits per heavy atom. The molecule has 0 aromatic carbocycles. The van der Waals surface area contributed by atoms with E-state index in [0.29, 0.717) is 0 Å². The molecule has 0 spiro atoms. The highest BCUT2D eigenvalue weighted by Crippen LogP contribution is 2.16. The maximum atomic E-state index is 12.2. The highest BCUT2D eigenvalue weighted by molar-refractivity contribution is 6.02. The number of carbonyl (C=O) groups is 3. The van der Waals surface area contributed by atoms with Gasteiger partial charge in [0.2, 0.25) is 0 Å². The molecule has 1 amide bonds. The van der Waals surface area contributed by atoms with Crippen molar-refractivity contribution in [1.82, 2.24) is 4.90 Å². The molecule has 0 saturated heterocycles. The van der Waals surface area contributed by atoms with Crippen molar-refractivity contribution >= 4 is 17.8 Å². The molecular weight excluding hydrogens is 273 g/mol. The van der Waals surface area contributed by atoms with Gasteiger partial charge in [0, 0.05) is 0 Å². The Morgan fingerprint density at radius 1 is 1.37 bits per heavy atom. The SMILES string of the molecule is CCOC(=O)C(N)C(=O)N(CC(=O)O)CC(F)(F)F. The van der Waals surface area contributed by atoms with E-state index in [0.717, 1.165) is 0 Å². The molecule has 110 valence electrons. The molecule has 10 heteroatoms. The van der Waals surface area contributed by atoms with E-state index in [1.807, 2.05) is 0 Å². The first-order chi connectivity index (χ1) is 8.58. The second kappa shape index (κ2) is 6.92. The minimum atomic E-state index is -4.81. The van der Waals surface area contributed by atoms with Crippen LogP contribution in [0.25, 0.3) is 0 Å². The Morgan fingerprint density at radius 2 is 1.89 bits per heavy atom. The number of nitrogens with two attached hydrogens (primary N) is 1. The number of aliphatic carboxylic acids is 1. The number of rotatable bonds is 6. The summed E-state index contributed by atoms with van der Waals surface area (Å²) < 4.78 is 40.9. The second-order valence-corrected chi connectivity index (χ2v) is 3.43. The number of amides is 1. The first-order valence-electron chi connectivity index (χ1n) is 5.08. The van der Waals surface area contributed by atoms with Crippen LogP contribution >= 0.6 is 0 Å². The molecule has 1 unspecified atom stereocenters. The van der Waals surface area contributed by atoms with Gasteiger partial charge in [0.05, 0.1) is 6.61 Å². The molecule has 3 N–H and O–H groups in total. The molecule has 0 aromatic rings. The van der Waals surface area contributed by atoms with Crippen molar-refractivity contribution in [1.29, 1.82) is 0 Å². The fourth-order valence-corrected chi connectivity index (χ4v) is 1.12. The van der Waals surface area contributed by atoms with Gasteiger partial charge in [0.25, 0.3) is 5.91 Å². The van der Waals surface area contributed by atoms with E-state index in [-0.39, 0.29) is 11.5 Å². The zero-order chi connectivity index (χ0) is 15.2. The number of ether oxygens (including phenoxy) is 1. The third kappa shape index (κ3) is 6.60. The van der Waals surface area contributed by atoms with Gasteiger partial charge in [0.1, 0.15) is 13.1 Å². The van der Waals surface area contributed by atoms with Gasteiger partial charge in [-0.25, -0.2) is 4.79 Å². The summed E-state index contributed by atoms with van der Waals surface area (Å²) in [5.74, 6) is -4.34. The van der Waals surface area contributed by atoms with E-state index in [1.165, 1.54) is 6.92 Å². The van der Waals surface area contributed by atoms with Crippen molar-refractivity contribution in [3.63, 3.8) is 0 Å². The molecule has 0 heterocycles. The number of esters is 1. The van der Waals surface area contributed by atoms with Gasteiger partial charge in [-0.05, 0) is 6.92 Å². The van der Waals surface area contributed by atoms with Crippen molar-refractivity contribution < 1.29 is 37.4 Å². The third-order valence-electron chi connectivity index (χ3n) is 1.81. The lowest BCUT2D eigenvalue weighted by Gasteiger charge is -2.24. The topological polar surface area (TPSA) is 110 Å². The summed E-state index contributed by atoms with van der Waals surface area (Å²) in [6.07, 6.45) is -4.81. The van der Waals surface area contributed by atoms with Crippen LogP contribution in [0, 0.1) is 0 Å². The van der Waals surface area contributed by atoms with Gasteiger partial charge < -0.3 is 20.5 Å². The van der Waals surface area contributed by atoms with E-state index in [4.69, 9.17) is 10.8 Å². The monoisotopic (exact) mass is 286 g/mol. The van der Waals surface area contributed by atoms with E-state index in [2.05, 4.69) is 4.74 Å². The van der Waals surface area contributed by atoms with Crippen LogP contribution in [0.5, 0.6) is 0 Å². The Kier molecular flexibility index (Phi) is 6.25. The van der Waals surface area contributed by atoms with Crippen molar-refractivity contribution in [2.75, 3.05) is 19.7 Å². The van der Waals surface area contributed by atoms with Crippen LogP contribution < -0.4 is 5.73 Å². The first kappa shape index (κ1) is 17.2. The highest BCUT2D eigenvalue weighted by atomic mass is 19.4. The molecule has 1 atom stereocenters. The van der Waals surface area contributed by atoms with Gasteiger partial charge in [-0.2, -0.15) is 13.2 Å². The normalized spacial score (nSPS) is 12.7. The number of hydrogen-bond acceptors (Lipinski definition) is 5. The number of alkyl halides is 3. The summed E-state index contributed by atoms with van der Waals surface area (Å²) in [6, 6.07) is -1.98. The van der Waals surface area contributed by atoms with Crippen LogP contribution in [0.4, 0.5) is 13.2 Å². The number of carboxylic acid groups (broad SMARTS) is 1. The number of halogens is 3. The maximum Gasteiger partial charge on any atom is 0.406 e. The van der Waals surface area contributed by atoms with E-state index in [1.54, 1.807) is 0 Å². The minimum absolute atomic E-state index is 0.0656. The maximum absolute atomic E-state index is 12.2. The summed E-state index contributed by atoms with van der Waals surface area (Å²) in [6.45, 7) is -1.73. The summed E-state index contributed by atoms with van der Waals surface area (Å²) >= 11 is 0. The summed E-state index contributed by atoms with van der Waals surface area (Å²) in [7, 11) is 0. The average Bonchev–Trinajstić information content (AvgIpc) is 2.24. The fraction of sp³-hybridized carbons (Fsp3) is 0.667. The molecule has 0 bridgehead atoms. The van der Waals surface area contributed by atoms with Gasteiger partial charge in [-0.3, -0.25) is 9.59 Å². The van der Waals surface area contributed by atoms with Crippen LogP contribution in [0.3, 0.4) is 0 Å². The van der Waals surface area contributed by atoms with Crippen LogP contribution in [-0.4, -0.2) is 59.8 Å². The minimum Gasteiger partial charge on any atom is -0.480 e. The zero-order valence-corrected chi connectivity index (χ0v) is 9.94. The zero-order valence-electron chi connectivity index (χ0n) is 9.94. The average molecular weight is 286 g/mol. The first-order valence-corrected chi connectivity index (χ1v) is 5.08. The largest absolute Gasteiger partial charge is 0.480 e. The molecule has 0 fully saturated rings. The molecule has 0 saturated carbocycles. The van der Waals surface area contributed by atoms with Crippen molar-refractivity contribution in [3.05, 3.63) is 0 Å². The number of hydrogen-bond donors (Lipinski definition) is 2. The quantitative estimate of drug-likeness (QED) is 0.496. The lowest BCUT2D eigenvalue weighted by atomic mass is 10.2. The number of carboxylic acids is 1. The summed E-state index contributed by atoms with van der Waals surface area (Å²) in [4.78, 5) is 33.0. The molecule has 19 heavy (non-hydrogen) atoms. The highest BCUT2D eigenvalue weighted by Gasteiger charge is 2.37. The molecule has 0 rings (SSSR count). The molecule has 0 aliphatic carbocycles. The van der Waals surface area contributed by atoms with Gasteiger partial charge in [-0.15, -0.1) is 0 Å². The third-order valence-corrected chi connectivity index (χ3v) is 1.81. The number of nitrogens with zero attached hydrogens (tertiary/aromatic N) is 1. The predicted octanol–water partition coefficient (Wildman–Crippen LogP) is -0.648. The smallest absolute Gasteiger partial charge is 0.406 e. The van der Waals surface area contributed by atoms with Crippen molar-refractivity contribution in [2.24, 2.45) is 5.73 Å². The molecule has 0 aliphatic heterocycles. The van der Waals surface area contributed by atoms with Crippen LogP contribution in [-0.2, 0) is 19.1 Å². The van der Waals surface area contributed by atoms with Crippen LogP contribution in [0.2, 0.25) is 0 Å². The molecular formula is C9H13F3N2O5. The molecule has 0 aromatic heterocycles. The molecule has 7 nitrogen and oxygen atoms in total. The van der Waals surface area contributed by atoms with Crippen LogP contribution in [0.1, 0.15) is 6.92 Å². The standard InChI is InChI=1S/C9H13F3N2O5/c1-2-19-8(18)6(13)7(17)14(3-5(15)16)4-9(10,11)12/h6H,2-4,13H2,1H3,(H,15,16). The van der Waals surface area contributed by atoms with E-state index >= 15 is 0 Å². The van der Waals surface area contributed by atoms with Crippen LogP contribution in [0.15, 0.2) is 0 Å². The Bertz CT molecular complexity index is 358. The van der Waals surface area contributed by atoms with Crippen molar-refractivity contribution in [2.45, 2.75) is 19.1 Å². The Hall–Kier alpha value is -1.84. The second-order valence-electron chi connectivity index (χ2n) is 3.43. The van der Waals surface area contributed by atoms with E-state index < -0.39 is 43.2 Å². The number of carbonyl (C=O) groups excluding carboxylic acids is 2. The van der Waals surface area contributed by atoms with Gasteiger partial charge >= 0.3 is 18.1 Å². The lowest BCUT2D eigenvalue weighted by molar-refractivity contribution is -0.169. The van der Waals surface area contributed by atoms with Gasteiger partial charge in [0.15, 0.2) is 6.04 Å². The Balaban J connectivity index is 4.89. The fourth-order valence-electron chi connectivity index (χ4n) is 1.12. The predicted molar refractivity (Wildman–Crippen MR) is 54.9 cm³/mol. The Labute approximate surface area is 106 Å². The molecule has 0 radical (unpaired) electrons. The van der Waals surface area contributed by atoms with Gasteiger partial charge in [-0.1, -0.05) is 0 Å². The van der Waals surface area contributed by atoms with E-state index in [9.17, 15) is 27.6 Å². The van der Waals surface area contributed by atoms with Crippen molar-refractivity contribution in [3.8, 4) is 0 Å².